The maximum Gasteiger partial charge on any atom is 0.305 e. The third kappa shape index (κ3) is 3.66. The highest BCUT2D eigenvalue weighted by Crippen LogP contribution is 2.68. The summed E-state index contributed by atoms with van der Waals surface area (Å²) in [7, 11) is 1.49. The monoisotopic (exact) mass is 416 g/mol. The lowest BCUT2D eigenvalue weighted by molar-refractivity contribution is -0.140. The van der Waals surface area contributed by atoms with Gasteiger partial charge in [-0.05, 0) is 117 Å². The van der Waals surface area contributed by atoms with Crippen LogP contribution in [0.3, 0.4) is 0 Å². The number of methoxy groups -OCH3 is 1. The molecule has 0 N–H and O–H groups in total. The molecule has 0 bridgehead atoms. The van der Waals surface area contributed by atoms with Crippen molar-refractivity contribution in [2.75, 3.05) is 7.11 Å². The number of carbonyl (C=O) groups excluding carboxylic acids is 2. The van der Waals surface area contributed by atoms with Gasteiger partial charge in [0.1, 0.15) is 6.29 Å². The second-order valence-electron chi connectivity index (χ2n) is 12.0. The molecule has 0 heterocycles. The Morgan fingerprint density at radius 2 is 1.77 bits per heavy atom. The van der Waals surface area contributed by atoms with Crippen molar-refractivity contribution in [1.29, 1.82) is 0 Å². The summed E-state index contributed by atoms with van der Waals surface area (Å²) in [6.07, 6.45) is 15.9. The van der Waals surface area contributed by atoms with Gasteiger partial charge in [-0.1, -0.05) is 20.8 Å². The van der Waals surface area contributed by atoms with Crippen LogP contribution in [0.1, 0.15) is 97.8 Å². The van der Waals surface area contributed by atoms with Gasteiger partial charge in [-0.3, -0.25) is 4.79 Å². The van der Waals surface area contributed by atoms with Gasteiger partial charge in [0, 0.05) is 12.3 Å². The highest BCUT2D eigenvalue weighted by atomic mass is 16.5. The molecule has 3 nitrogen and oxygen atoms in total. The van der Waals surface area contributed by atoms with Crippen molar-refractivity contribution >= 4 is 12.3 Å². The first kappa shape index (κ1) is 22.3. The lowest BCUT2D eigenvalue weighted by Crippen LogP contribution is -2.53. The smallest absolute Gasteiger partial charge is 0.305 e. The maximum atomic E-state index is 11.5. The minimum Gasteiger partial charge on any atom is -0.469 e. The molecule has 4 aliphatic rings. The molecule has 9 atom stereocenters. The van der Waals surface area contributed by atoms with Gasteiger partial charge < -0.3 is 9.53 Å². The lowest BCUT2D eigenvalue weighted by atomic mass is 9.44. The fraction of sp³-hybridized carbons (Fsp3) is 0.926. The molecule has 0 aromatic rings. The maximum absolute atomic E-state index is 11.5. The summed E-state index contributed by atoms with van der Waals surface area (Å²) < 4.78 is 4.83. The van der Waals surface area contributed by atoms with Crippen LogP contribution < -0.4 is 0 Å². The van der Waals surface area contributed by atoms with Crippen LogP contribution in [-0.2, 0) is 14.3 Å². The molecule has 4 fully saturated rings. The minimum absolute atomic E-state index is 0.0625. The zero-order valence-corrected chi connectivity index (χ0v) is 19.8. The number of hydrogen-bond acceptors (Lipinski definition) is 3. The van der Waals surface area contributed by atoms with Gasteiger partial charge >= 0.3 is 5.97 Å². The molecule has 4 rings (SSSR count). The third-order valence-electron chi connectivity index (χ3n) is 10.9. The van der Waals surface area contributed by atoms with Crippen LogP contribution in [0.4, 0.5) is 0 Å². The first-order valence-corrected chi connectivity index (χ1v) is 12.9. The highest BCUT2D eigenvalue weighted by molar-refractivity contribution is 5.68. The van der Waals surface area contributed by atoms with E-state index in [4.69, 9.17) is 4.74 Å². The van der Waals surface area contributed by atoms with Gasteiger partial charge in [0.25, 0.3) is 0 Å². The van der Waals surface area contributed by atoms with Crippen LogP contribution >= 0.6 is 0 Å². The van der Waals surface area contributed by atoms with E-state index < -0.39 is 0 Å². The number of aldehydes is 1. The van der Waals surface area contributed by atoms with E-state index in [-0.39, 0.29) is 5.97 Å². The summed E-state index contributed by atoms with van der Waals surface area (Å²) in [5.74, 6) is 5.25. The Balaban J connectivity index is 1.43. The first-order chi connectivity index (χ1) is 14.3. The van der Waals surface area contributed by atoms with Crippen molar-refractivity contribution in [2.45, 2.75) is 97.8 Å². The Bertz CT molecular complexity index is 644. The van der Waals surface area contributed by atoms with E-state index in [1.807, 2.05) is 0 Å². The standard InChI is InChI=1S/C27H44O3/c1-18(6-5-7-25(29)30-4)22-10-11-23-21-9-8-20-16-19(17-28)12-14-26(20,2)24(21)13-15-27(22,23)3/h17-24H,5-16H2,1-4H3/t18?,19?,20-,21-,22+,23-,24-,26-,27+/m0/s1. The normalized spacial score (nSPS) is 46.3. The molecule has 0 radical (unpaired) electrons. The highest BCUT2D eigenvalue weighted by Gasteiger charge is 2.60. The number of rotatable bonds is 6. The largest absolute Gasteiger partial charge is 0.469 e. The molecule has 0 aliphatic heterocycles. The Labute approximate surface area is 184 Å². The second-order valence-corrected chi connectivity index (χ2v) is 12.0. The van der Waals surface area contributed by atoms with Gasteiger partial charge in [0.15, 0.2) is 0 Å². The lowest BCUT2D eigenvalue weighted by Gasteiger charge is -2.61. The van der Waals surface area contributed by atoms with E-state index >= 15 is 0 Å². The molecule has 4 aliphatic carbocycles. The molecule has 4 saturated carbocycles. The average Bonchev–Trinajstić information content (AvgIpc) is 3.10. The van der Waals surface area contributed by atoms with Gasteiger partial charge in [-0.2, -0.15) is 0 Å². The van der Waals surface area contributed by atoms with Gasteiger partial charge in [0.05, 0.1) is 7.11 Å². The number of carbonyl (C=O) groups is 2. The van der Waals surface area contributed by atoms with E-state index in [9.17, 15) is 9.59 Å². The fourth-order valence-corrected chi connectivity index (χ4v) is 9.26. The van der Waals surface area contributed by atoms with Crippen LogP contribution in [0, 0.1) is 52.3 Å². The summed E-state index contributed by atoms with van der Waals surface area (Å²) in [4.78, 5) is 22.9. The van der Waals surface area contributed by atoms with E-state index in [2.05, 4.69) is 20.8 Å². The number of ether oxygens (including phenoxy) is 1. The van der Waals surface area contributed by atoms with Crippen molar-refractivity contribution in [2.24, 2.45) is 52.3 Å². The number of hydrogen-bond donors (Lipinski definition) is 0. The predicted octanol–water partition coefficient (Wildman–Crippen LogP) is 6.44. The Morgan fingerprint density at radius 1 is 1.03 bits per heavy atom. The van der Waals surface area contributed by atoms with Crippen molar-refractivity contribution in [1.82, 2.24) is 0 Å². The van der Waals surface area contributed by atoms with Crippen LogP contribution in [0.15, 0.2) is 0 Å². The summed E-state index contributed by atoms with van der Waals surface area (Å²) in [5, 5.41) is 0. The van der Waals surface area contributed by atoms with Gasteiger partial charge in [-0.25, -0.2) is 0 Å². The summed E-state index contributed by atoms with van der Waals surface area (Å²) >= 11 is 0. The van der Waals surface area contributed by atoms with E-state index in [1.165, 1.54) is 58.3 Å². The van der Waals surface area contributed by atoms with Crippen molar-refractivity contribution < 1.29 is 14.3 Å². The second kappa shape index (κ2) is 8.58. The molecule has 30 heavy (non-hydrogen) atoms. The molecule has 3 heteroatoms. The van der Waals surface area contributed by atoms with Crippen molar-refractivity contribution in [3.8, 4) is 0 Å². The fourth-order valence-electron chi connectivity index (χ4n) is 9.26. The minimum atomic E-state index is -0.0625. The molecular formula is C27H44O3. The Hall–Kier alpha value is -0.860. The predicted molar refractivity (Wildman–Crippen MR) is 120 cm³/mol. The third-order valence-corrected chi connectivity index (χ3v) is 10.9. The number of fused-ring (bicyclic) bond motifs is 5. The first-order valence-electron chi connectivity index (χ1n) is 12.9. The van der Waals surface area contributed by atoms with Gasteiger partial charge in [-0.15, -0.1) is 0 Å². The van der Waals surface area contributed by atoms with Crippen molar-refractivity contribution in [3.63, 3.8) is 0 Å². The van der Waals surface area contributed by atoms with Crippen LogP contribution in [0.25, 0.3) is 0 Å². The molecule has 0 aromatic heterocycles. The molecule has 0 aromatic carbocycles. The SMILES string of the molecule is COC(=O)CCCC(C)[C@H]1CC[C@H]2[C@@H]3CC[C@H]4CC(C=O)CC[C@]4(C)[C@H]3CC[C@]12C. The van der Waals surface area contributed by atoms with Crippen molar-refractivity contribution in [3.05, 3.63) is 0 Å². The number of esters is 1. The zero-order valence-electron chi connectivity index (χ0n) is 19.8. The molecule has 170 valence electrons. The summed E-state index contributed by atoms with van der Waals surface area (Å²) in [5.41, 5.74) is 0.975. The van der Waals surface area contributed by atoms with Gasteiger partial charge in [0.2, 0.25) is 0 Å². The Morgan fingerprint density at radius 3 is 2.50 bits per heavy atom. The molecule has 0 saturated heterocycles. The zero-order chi connectivity index (χ0) is 21.5. The average molecular weight is 417 g/mol. The quantitative estimate of drug-likeness (QED) is 0.370. The van der Waals surface area contributed by atoms with E-state index in [0.29, 0.717) is 29.1 Å². The molecule has 0 spiro atoms. The summed E-state index contributed by atoms with van der Waals surface area (Å²) in [6, 6.07) is 0. The van der Waals surface area contributed by atoms with Crippen LogP contribution in [0.5, 0.6) is 0 Å². The van der Waals surface area contributed by atoms with E-state index in [0.717, 1.165) is 55.3 Å². The molecular weight excluding hydrogens is 372 g/mol. The van der Waals surface area contributed by atoms with Crippen LogP contribution in [0.2, 0.25) is 0 Å². The molecule has 2 unspecified atom stereocenters. The van der Waals surface area contributed by atoms with Crippen LogP contribution in [-0.4, -0.2) is 19.4 Å². The molecule has 0 amide bonds. The topological polar surface area (TPSA) is 43.4 Å². The van der Waals surface area contributed by atoms with E-state index in [1.54, 1.807) is 0 Å². The Kier molecular flexibility index (Phi) is 6.39. The summed E-state index contributed by atoms with van der Waals surface area (Å²) in [6.45, 7) is 7.67.